The number of nitrogens with one attached hydrogen (secondary N) is 2. The largest absolute Gasteiger partial charge is 0.351 e. The minimum Gasteiger partial charge on any atom is -0.351 e. The van der Waals surface area contributed by atoms with Crippen molar-refractivity contribution in [1.29, 1.82) is 0 Å². The Morgan fingerprint density at radius 2 is 1.85 bits per heavy atom. The monoisotopic (exact) mass is 391 g/mol. The third-order valence-electron chi connectivity index (χ3n) is 5.01. The Bertz CT molecular complexity index is 603. The van der Waals surface area contributed by atoms with Crippen molar-refractivity contribution in [3.8, 4) is 0 Å². The fourth-order valence-electron chi connectivity index (χ4n) is 3.35. The Morgan fingerprint density at radius 1 is 1.11 bits per heavy atom. The van der Waals surface area contributed by atoms with Gasteiger partial charge in [0.2, 0.25) is 5.91 Å². The first-order valence-corrected chi connectivity index (χ1v) is 11.1. The first-order chi connectivity index (χ1) is 13.1. The number of thioether (sulfide) groups is 1. The van der Waals surface area contributed by atoms with Gasteiger partial charge in [-0.3, -0.25) is 9.59 Å². The fourth-order valence-corrected chi connectivity index (χ4v) is 4.33. The van der Waals surface area contributed by atoms with E-state index >= 15 is 0 Å². The number of carbonyl (C=O) groups is 2. The second-order valence-electron chi connectivity index (χ2n) is 7.09. The fraction of sp³-hybridized carbons (Fsp3) is 0.619. The van der Waals surface area contributed by atoms with Crippen LogP contribution < -0.4 is 10.6 Å². The maximum atomic E-state index is 12.6. The lowest BCUT2D eigenvalue weighted by Gasteiger charge is -2.31. The first-order valence-electron chi connectivity index (χ1n) is 10.1. The van der Waals surface area contributed by atoms with Crippen molar-refractivity contribution in [3.63, 3.8) is 0 Å². The second-order valence-corrected chi connectivity index (χ2v) is 8.10. The Morgan fingerprint density at radius 3 is 2.59 bits per heavy atom. The summed E-state index contributed by atoms with van der Waals surface area (Å²) in [5.74, 6) is 0.436. The van der Waals surface area contributed by atoms with E-state index in [1.807, 2.05) is 36.2 Å². The maximum absolute atomic E-state index is 12.6. The summed E-state index contributed by atoms with van der Waals surface area (Å²) in [6.07, 6.45) is 7.01. The molecular weight excluding hydrogens is 358 g/mol. The standard InChI is InChI=1S/C21H33N3O2S/c1-3-13-22-14-15-23-21(26)18-11-7-8-12-19(18)27-16-20(25)24(2)17-9-5-4-6-10-17/h7-8,11-12,17,22H,3-6,9-10,13-16H2,1-2H3,(H,23,26). The van der Waals surface area contributed by atoms with E-state index in [1.54, 1.807) is 0 Å². The van der Waals surface area contributed by atoms with E-state index in [9.17, 15) is 9.59 Å². The minimum absolute atomic E-state index is 0.0792. The number of carbonyl (C=O) groups excluding carboxylic acids is 2. The molecule has 1 aromatic carbocycles. The third-order valence-corrected chi connectivity index (χ3v) is 6.07. The number of amides is 2. The lowest BCUT2D eigenvalue weighted by molar-refractivity contribution is -0.129. The van der Waals surface area contributed by atoms with Crippen LogP contribution >= 0.6 is 11.8 Å². The molecule has 2 rings (SSSR count). The van der Waals surface area contributed by atoms with Crippen molar-refractivity contribution in [2.75, 3.05) is 32.4 Å². The molecule has 0 saturated heterocycles. The quantitative estimate of drug-likeness (QED) is 0.475. The average molecular weight is 392 g/mol. The molecule has 2 N–H and O–H groups in total. The molecule has 0 aliphatic heterocycles. The van der Waals surface area contributed by atoms with Crippen molar-refractivity contribution in [3.05, 3.63) is 29.8 Å². The van der Waals surface area contributed by atoms with Gasteiger partial charge in [-0.1, -0.05) is 38.3 Å². The Kier molecular flexibility index (Phi) is 9.70. The SMILES string of the molecule is CCCNCCNC(=O)c1ccccc1SCC(=O)N(C)C1CCCCC1. The number of hydrogen-bond donors (Lipinski definition) is 2. The first kappa shape index (κ1) is 21.8. The van der Waals surface area contributed by atoms with Crippen LogP contribution in [-0.2, 0) is 4.79 Å². The summed E-state index contributed by atoms with van der Waals surface area (Å²) in [4.78, 5) is 27.8. The zero-order chi connectivity index (χ0) is 19.5. The number of rotatable bonds is 10. The van der Waals surface area contributed by atoms with E-state index in [0.29, 0.717) is 23.9 Å². The summed E-state index contributed by atoms with van der Waals surface area (Å²) in [6.45, 7) is 4.44. The summed E-state index contributed by atoms with van der Waals surface area (Å²) in [5.41, 5.74) is 0.645. The predicted molar refractivity (Wildman–Crippen MR) is 112 cm³/mol. The highest BCUT2D eigenvalue weighted by molar-refractivity contribution is 8.00. The smallest absolute Gasteiger partial charge is 0.252 e. The van der Waals surface area contributed by atoms with E-state index in [0.717, 1.165) is 37.2 Å². The topological polar surface area (TPSA) is 61.4 Å². The molecule has 0 aromatic heterocycles. The molecule has 27 heavy (non-hydrogen) atoms. The molecule has 0 spiro atoms. The van der Waals surface area contributed by atoms with Crippen LogP contribution in [0.3, 0.4) is 0 Å². The molecule has 1 aliphatic carbocycles. The van der Waals surface area contributed by atoms with Crippen LogP contribution in [0.15, 0.2) is 29.2 Å². The molecule has 1 saturated carbocycles. The molecule has 1 aliphatic rings. The van der Waals surface area contributed by atoms with Gasteiger partial charge < -0.3 is 15.5 Å². The van der Waals surface area contributed by atoms with Crippen molar-refractivity contribution < 1.29 is 9.59 Å². The molecule has 0 unspecified atom stereocenters. The molecule has 0 heterocycles. The summed E-state index contributed by atoms with van der Waals surface area (Å²) >= 11 is 1.46. The van der Waals surface area contributed by atoms with Gasteiger partial charge in [0.1, 0.15) is 0 Å². The summed E-state index contributed by atoms with van der Waals surface area (Å²) in [7, 11) is 1.92. The highest BCUT2D eigenvalue weighted by atomic mass is 32.2. The Hall–Kier alpha value is -1.53. The van der Waals surface area contributed by atoms with Gasteiger partial charge in [0.05, 0.1) is 11.3 Å². The van der Waals surface area contributed by atoms with Crippen molar-refractivity contribution >= 4 is 23.6 Å². The zero-order valence-electron chi connectivity index (χ0n) is 16.6. The van der Waals surface area contributed by atoms with Gasteiger partial charge in [0, 0.05) is 31.1 Å². The van der Waals surface area contributed by atoms with Crippen LogP contribution in [0.25, 0.3) is 0 Å². The molecule has 6 heteroatoms. The van der Waals surface area contributed by atoms with Gasteiger partial charge in [-0.25, -0.2) is 0 Å². The molecule has 2 amide bonds. The van der Waals surface area contributed by atoms with Gasteiger partial charge >= 0.3 is 0 Å². The average Bonchev–Trinajstić information content (AvgIpc) is 2.72. The van der Waals surface area contributed by atoms with Gasteiger partial charge in [-0.15, -0.1) is 11.8 Å². The van der Waals surface area contributed by atoms with Crippen LogP contribution in [0.5, 0.6) is 0 Å². The van der Waals surface area contributed by atoms with Crippen LogP contribution in [0.4, 0.5) is 0 Å². The summed E-state index contributed by atoms with van der Waals surface area (Å²) in [5, 5.41) is 6.22. The van der Waals surface area contributed by atoms with Gasteiger partial charge in [-0.2, -0.15) is 0 Å². The van der Waals surface area contributed by atoms with E-state index in [4.69, 9.17) is 0 Å². The molecular formula is C21H33N3O2S. The van der Waals surface area contributed by atoms with E-state index in [1.165, 1.54) is 31.0 Å². The molecule has 1 aromatic rings. The second kappa shape index (κ2) is 12.0. The number of hydrogen-bond acceptors (Lipinski definition) is 4. The van der Waals surface area contributed by atoms with Gasteiger partial charge in [0.25, 0.3) is 5.91 Å². The Labute approximate surface area is 167 Å². The lowest BCUT2D eigenvalue weighted by atomic mass is 9.94. The lowest BCUT2D eigenvalue weighted by Crippen LogP contribution is -2.39. The minimum atomic E-state index is -0.0792. The van der Waals surface area contributed by atoms with Crippen molar-refractivity contribution in [2.24, 2.45) is 0 Å². The van der Waals surface area contributed by atoms with Crippen LogP contribution in [-0.4, -0.2) is 55.2 Å². The van der Waals surface area contributed by atoms with E-state index < -0.39 is 0 Å². The van der Waals surface area contributed by atoms with E-state index in [2.05, 4.69) is 17.6 Å². The normalized spacial score (nSPS) is 14.7. The van der Waals surface area contributed by atoms with Gasteiger partial charge in [-0.05, 0) is 37.9 Å². The molecule has 0 atom stereocenters. The molecule has 150 valence electrons. The van der Waals surface area contributed by atoms with Crippen LogP contribution in [0.1, 0.15) is 55.8 Å². The van der Waals surface area contributed by atoms with Crippen LogP contribution in [0, 0.1) is 0 Å². The number of benzene rings is 1. The Balaban J connectivity index is 1.85. The predicted octanol–water partition coefficient (Wildman–Crippen LogP) is 3.30. The zero-order valence-corrected chi connectivity index (χ0v) is 17.4. The maximum Gasteiger partial charge on any atom is 0.252 e. The third kappa shape index (κ3) is 7.18. The highest BCUT2D eigenvalue weighted by Crippen LogP contribution is 2.25. The summed E-state index contributed by atoms with van der Waals surface area (Å²) in [6, 6.07) is 7.90. The molecule has 0 radical (unpaired) electrons. The van der Waals surface area contributed by atoms with Crippen molar-refractivity contribution in [1.82, 2.24) is 15.5 Å². The molecule has 0 bridgehead atoms. The van der Waals surface area contributed by atoms with Gasteiger partial charge in [0.15, 0.2) is 0 Å². The summed E-state index contributed by atoms with van der Waals surface area (Å²) < 4.78 is 0. The molecule has 1 fully saturated rings. The van der Waals surface area contributed by atoms with Crippen LogP contribution in [0.2, 0.25) is 0 Å². The number of nitrogens with zero attached hydrogens (tertiary/aromatic N) is 1. The highest BCUT2D eigenvalue weighted by Gasteiger charge is 2.22. The van der Waals surface area contributed by atoms with E-state index in [-0.39, 0.29) is 11.8 Å². The van der Waals surface area contributed by atoms with Crippen molar-refractivity contribution in [2.45, 2.75) is 56.4 Å². The molecule has 5 nitrogen and oxygen atoms in total.